The molecule has 2 saturated heterocycles. The van der Waals surface area contributed by atoms with E-state index in [0.717, 1.165) is 26.2 Å². The second-order valence-corrected chi connectivity index (χ2v) is 4.47. The number of piperidine rings is 1. The molecule has 2 aliphatic rings. The van der Waals surface area contributed by atoms with E-state index in [9.17, 15) is 4.79 Å². The fourth-order valence-corrected chi connectivity index (χ4v) is 2.45. The minimum absolute atomic E-state index is 0.216. The number of nitrogens with zero attached hydrogens (tertiary/aromatic N) is 3. The van der Waals surface area contributed by atoms with E-state index in [1.807, 2.05) is 4.90 Å². The summed E-state index contributed by atoms with van der Waals surface area (Å²) in [5.41, 5.74) is 0. The van der Waals surface area contributed by atoms with Crippen LogP contribution >= 0.6 is 0 Å². The van der Waals surface area contributed by atoms with E-state index < -0.39 is 0 Å². The number of amides is 1. The van der Waals surface area contributed by atoms with Crippen LogP contribution < -0.4 is 0 Å². The first-order valence-electron chi connectivity index (χ1n) is 6.03. The van der Waals surface area contributed by atoms with Gasteiger partial charge in [-0.2, -0.15) is 0 Å². The molecule has 0 N–H and O–H groups in total. The van der Waals surface area contributed by atoms with Crippen LogP contribution in [0.2, 0.25) is 0 Å². The summed E-state index contributed by atoms with van der Waals surface area (Å²) in [6.07, 6.45) is 4.03. The SMILES string of the molecule is CC(=O)N1CCN(N2CCCCC2)CC1. The van der Waals surface area contributed by atoms with Crippen LogP contribution in [-0.2, 0) is 4.79 Å². The molecule has 0 aromatic carbocycles. The van der Waals surface area contributed by atoms with Crippen LogP contribution in [0.3, 0.4) is 0 Å². The van der Waals surface area contributed by atoms with Crippen LogP contribution in [-0.4, -0.2) is 60.1 Å². The van der Waals surface area contributed by atoms with Gasteiger partial charge >= 0.3 is 0 Å². The first-order valence-corrected chi connectivity index (χ1v) is 6.03. The molecule has 0 aromatic heterocycles. The molecule has 2 heterocycles. The summed E-state index contributed by atoms with van der Waals surface area (Å²) in [6.45, 7) is 7.90. The van der Waals surface area contributed by atoms with Crippen molar-refractivity contribution in [3.05, 3.63) is 0 Å². The zero-order valence-electron chi connectivity index (χ0n) is 9.61. The lowest BCUT2D eigenvalue weighted by molar-refractivity contribution is -0.135. The first kappa shape index (κ1) is 10.9. The van der Waals surface area contributed by atoms with Crippen molar-refractivity contribution in [2.24, 2.45) is 0 Å². The third-order valence-corrected chi connectivity index (χ3v) is 3.43. The monoisotopic (exact) mass is 211 g/mol. The highest BCUT2D eigenvalue weighted by Gasteiger charge is 2.23. The summed E-state index contributed by atoms with van der Waals surface area (Å²) in [5, 5.41) is 4.90. The lowest BCUT2D eigenvalue weighted by atomic mass is 10.1. The van der Waals surface area contributed by atoms with Crippen molar-refractivity contribution >= 4 is 5.91 Å². The van der Waals surface area contributed by atoms with Gasteiger partial charge in [-0.25, -0.2) is 10.0 Å². The van der Waals surface area contributed by atoms with Gasteiger partial charge in [-0.05, 0) is 12.8 Å². The van der Waals surface area contributed by atoms with Gasteiger partial charge in [0.15, 0.2) is 0 Å². The Bertz CT molecular complexity index is 218. The molecular weight excluding hydrogens is 190 g/mol. The van der Waals surface area contributed by atoms with Crippen molar-refractivity contribution in [3.8, 4) is 0 Å². The average Bonchev–Trinajstić information content (AvgIpc) is 2.30. The van der Waals surface area contributed by atoms with E-state index in [0.29, 0.717) is 0 Å². The number of piperazine rings is 1. The van der Waals surface area contributed by atoms with E-state index in [-0.39, 0.29) is 5.91 Å². The minimum atomic E-state index is 0.216. The molecule has 0 aliphatic carbocycles. The number of carbonyl (C=O) groups excluding carboxylic acids is 1. The Balaban J connectivity index is 1.79. The maximum absolute atomic E-state index is 11.2. The summed E-state index contributed by atoms with van der Waals surface area (Å²) < 4.78 is 0. The molecule has 0 aromatic rings. The zero-order valence-corrected chi connectivity index (χ0v) is 9.61. The lowest BCUT2D eigenvalue weighted by Gasteiger charge is -2.42. The van der Waals surface area contributed by atoms with Crippen LogP contribution in [0.4, 0.5) is 0 Å². The molecular formula is C11H21N3O. The molecule has 0 atom stereocenters. The molecule has 1 amide bonds. The molecule has 0 bridgehead atoms. The Labute approximate surface area is 91.8 Å². The minimum Gasteiger partial charge on any atom is -0.340 e. The van der Waals surface area contributed by atoms with Crippen molar-refractivity contribution in [1.29, 1.82) is 0 Å². The highest BCUT2D eigenvalue weighted by molar-refractivity contribution is 5.73. The zero-order chi connectivity index (χ0) is 10.7. The van der Waals surface area contributed by atoms with Crippen molar-refractivity contribution < 1.29 is 4.79 Å². The van der Waals surface area contributed by atoms with E-state index in [2.05, 4.69) is 10.0 Å². The fourth-order valence-electron chi connectivity index (χ4n) is 2.45. The normalized spacial score (nSPS) is 25.5. The first-order chi connectivity index (χ1) is 7.27. The number of hydrogen-bond donors (Lipinski definition) is 0. The molecule has 0 saturated carbocycles. The summed E-state index contributed by atoms with van der Waals surface area (Å²) in [5.74, 6) is 0.216. The van der Waals surface area contributed by atoms with Crippen LogP contribution in [0.1, 0.15) is 26.2 Å². The van der Waals surface area contributed by atoms with Crippen LogP contribution in [0.15, 0.2) is 0 Å². The Kier molecular flexibility index (Phi) is 3.59. The quantitative estimate of drug-likeness (QED) is 0.634. The summed E-state index contributed by atoms with van der Waals surface area (Å²) in [7, 11) is 0. The van der Waals surface area contributed by atoms with E-state index >= 15 is 0 Å². The van der Waals surface area contributed by atoms with Gasteiger partial charge in [-0.1, -0.05) is 6.42 Å². The smallest absolute Gasteiger partial charge is 0.219 e. The Morgan fingerprint density at radius 1 is 0.800 bits per heavy atom. The van der Waals surface area contributed by atoms with Crippen molar-refractivity contribution in [1.82, 2.24) is 14.9 Å². The molecule has 86 valence electrons. The third-order valence-electron chi connectivity index (χ3n) is 3.43. The number of hydrogen-bond acceptors (Lipinski definition) is 3. The average molecular weight is 211 g/mol. The third kappa shape index (κ3) is 2.69. The van der Waals surface area contributed by atoms with Gasteiger partial charge < -0.3 is 4.90 Å². The van der Waals surface area contributed by atoms with E-state index in [1.54, 1.807) is 6.92 Å². The Morgan fingerprint density at radius 3 is 1.87 bits per heavy atom. The maximum Gasteiger partial charge on any atom is 0.219 e. The van der Waals surface area contributed by atoms with Gasteiger partial charge in [0.1, 0.15) is 0 Å². The molecule has 2 rings (SSSR count). The molecule has 0 radical (unpaired) electrons. The van der Waals surface area contributed by atoms with Crippen molar-refractivity contribution in [2.45, 2.75) is 26.2 Å². The fraction of sp³-hybridized carbons (Fsp3) is 0.909. The standard InChI is InChI=1S/C11H21N3O/c1-11(15)12-7-9-14(10-8-12)13-5-3-2-4-6-13/h2-10H2,1H3. The predicted molar refractivity (Wildman–Crippen MR) is 59.3 cm³/mol. The van der Waals surface area contributed by atoms with E-state index in [1.165, 1.54) is 32.4 Å². The Hall–Kier alpha value is -0.610. The second-order valence-electron chi connectivity index (χ2n) is 4.47. The topological polar surface area (TPSA) is 26.8 Å². The summed E-state index contributed by atoms with van der Waals surface area (Å²) >= 11 is 0. The van der Waals surface area contributed by atoms with Gasteiger partial charge in [0.25, 0.3) is 0 Å². The largest absolute Gasteiger partial charge is 0.340 e. The predicted octanol–water partition coefficient (Wildman–Crippen LogP) is 0.551. The molecule has 0 unspecified atom stereocenters. The molecule has 15 heavy (non-hydrogen) atoms. The summed E-state index contributed by atoms with van der Waals surface area (Å²) in [6, 6.07) is 0. The van der Waals surface area contributed by atoms with E-state index in [4.69, 9.17) is 0 Å². The van der Waals surface area contributed by atoms with Gasteiger partial charge in [0.05, 0.1) is 0 Å². The maximum atomic E-state index is 11.2. The van der Waals surface area contributed by atoms with Crippen LogP contribution in [0.25, 0.3) is 0 Å². The molecule has 4 nitrogen and oxygen atoms in total. The summed E-state index contributed by atoms with van der Waals surface area (Å²) in [4.78, 5) is 13.1. The Morgan fingerprint density at radius 2 is 1.33 bits per heavy atom. The molecule has 0 spiro atoms. The van der Waals surface area contributed by atoms with Crippen molar-refractivity contribution in [3.63, 3.8) is 0 Å². The van der Waals surface area contributed by atoms with Gasteiger partial charge in [-0.3, -0.25) is 4.79 Å². The van der Waals surface area contributed by atoms with Crippen molar-refractivity contribution in [2.75, 3.05) is 39.3 Å². The van der Waals surface area contributed by atoms with Gasteiger partial charge in [-0.15, -0.1) is 0 Å². The van der Waals surface area contributed by atoms with Gasteiger partial charge in [0, 0.05) is 46.2 Å². The molecule has 2 fully saturated rings. The second kappa shape index (κ2) is 4.94. The van der Waals surface area contributed by atoms with Gasteiger partial charge in [0.2, 0.25) is 5.91 Å². The highest BCUT2D eigenvalue weighted by atomic mass is 16.2. The van der Waals surface area contributed by atoms with Crippen LogP contribution in [0, 0.1) is 0 Å². The number of carbonyl (C=O) groups is 1. The molecule has 4 heteroatoms. The number of rotatable bonds is 1. The van der Waals surface area contributed by atoms with Crippen LogP contribution in [0.5, 0.6) is 0 Å². The molecule has 2 aliphatic heterocycles. The number of hydrazine groups is 1. The lowest BCUT2D eigenvalue weighted by Crippen LogP contribution is -2.55. The highest BCUT2D eigenvalue weighted by Crippen LogP contribution is 2.13.